The Balaban J connectivity index is 3.74. The second-order valence-electron chi connectivity index (χ2n) is 3.11. The van der Waals surface area contributed by atoms with E-state index in [4.69, 9.17) is 4.74 Å². The smallest absolute Gasteiger partial charge is 0.333 e. The van der Waals surface area contributed by atoms with Crippen molar-refractivity contribution in [3.63, 3.8) is 0 Å². The third-order valence-corrected chi connectivity index (χ3v) is 1.53. The van der Waals surface area contributed by atoms with E-state index in [2.05, 4.69) is 19.6 Å². The highest BCUT2D eigenvalue weighted by molar-refractivity contribution is 5.87. The molecule has 0 amide bonds. The second kappa shape index (κ2) is 6.46. The lowest BCUT2D eigenvalue weighted by atomic mass is 10.2. The van der Waals surface area contributed by atoms with E-state index in [0.717, 1.165) is 12.8 Å². The van der Waals surface area contributed by atoms with Gasteiger partial charge < -0.3 is 4.74 Å². The Bertz CT molecular complexity index is 204. The van der Waals surface area contributed by atoms with Crippen LogP contribution in [-0.2, 0) is 9.53 Å². The van der Waals surface area contributed by atoms with Crippen LogP contribution in [0.4, 0.5) is 0 Å². The van der Waals surface area contributed by atoms with Crippen molar-refractivity contribution in [1.29, 1.82) is 0 Å². The Hall–Kier alpha value is -1.05. The minimum Gasteiger partial charge on any atom is -0.459 e. The van der Waals surface area contributed by atoms with E-state index < -0.39 is 0 Å². The molecule has 2 nitrogen and oxygen atoms in total. The van der Waals surface area contributed by atoms with Crippen LogP contribution in [-0.4, -0.2) is 12.1 Å². The average molecular weight is 182 g/mol. The van der Waals surface area contributed by atoms with E-state index in [1.165, 1.54) is 0 Å². The van der Waals surface area contributed by atoms with Crippen LogP contribution < -0.4 is 0 Å². The molecule has 0 saturated heterocycles. The first kappa shape index (κ1) is 11.9. The van der Waals surface area contributed by atoms with Gasteiger partial charge in [0, 0.05) is 12.0 Å². The minimum atomic E-state index is -0.308. The van der Waals surface area contributed by atoms with Crippen LogP contribution in [0.3, 0.4) is 0 Å². The SMILES string of the molecule is C=C(C)C(=O)OC(C)CC=CCC. The summed E-state index contributed by atoms with van der Waals surface area (Å²) in [6.07, 6.45) is 5.81. The zero-order chi connectivity index (χ0) is 10.3. The summed E-state index contributed by atoms with van der Waals surface area (Å²) in [4.78, 5) is 11.0. The molecule has 0 fully saturated rings. The summed E-state index contributed by atoms with van der Waals surface area (Å²) < 4.78 is 5.07. The molecule has 0 N–H and O–H groups in total. The van der Waals surface area contributed by atoms with Crippen molar-refractivity contribution in [2.75, 3.05) is 0 Å². The van der Waals surface area contributed by atoms with E-state index >= 15 is 0 Å². The summed E-state index contributed by atoms with van der Waals surface area (Å²) in [6.45, 7) is 9.11. The number of allylic oxidation sites excluding steroid dienone is 1. The molecule has 1 atom stereocenters. The third-order valence-electron chi connectivity index (χ3n) is 1.53. The molecule has 1 unspecified atom stereocenters. The van der Waals surface area contributed by atoms with E-state index in [-0.39, 0.29) is 12.1 Å². The number of ether oxygens (including phenoxy) is 1. The van der Waals surface area contributed by atoms with Crippen molar-refractivity contribution in [2.24, 2.45) is 0 Å². The Morgan fingerprint density at radius 1 is 1.54 bits per heavy atom. The van der Waals surface area contributed by atoms with Crippen molar-refractivity contribution in [3.05, 3.63) is 24.3 Å². The van der Waals surface area contributed by atoms with Crippen molar-refractivity contribution in [2.45, 2.75) is 39.7 Å². The topological polar surface area (TPSA) is 26.3 Å². The lowest BCUT2D eigenvalue weighted by molar-refractivity contribution is -0.143. The zero-order valence-corrected chi connectivity index (χ0v) is 8.67. The third kappa shape index (κ3) is 6.14. The Kier molecular flexibility index (Phi) is 5.94. The van der Waals surface area contributed by atoms with E-state index in [9.17, 15) is 4.79 Å². The van der Waals surface area contributed by atoms with Crippen LogP contribution >= 0.6 is 0 Å². The first-order valence-corrected chi connectivity index (χ1v) is 4.59. The monoisotopic (exact) mass is 182 g/mol. The fourth-order valence-electron chi connectivity index (χ4n) is 0.786. The summed E-state index contributed by atoms with van der Waals surface area (Å²) >= 11 is 0. The number of carbonyl (C=O) groups is 1. The first-order chi connectivity index (χ1) is 6.07. The summed E-state index contributed by atoms with van der Waals surface area (Å²) in [5.74, 6) is -0.308. The average Bonchev–Trinajstić information content (AvgIpc) is 2.04. The van der Waals surface area contributed by atoms with Gasteiger partial charge in [0.15, 0.2) is 0 Å². The molecule has 0 aliphatic carbocycles. The highest BCUT2D eigenvalue weighted by atomic mass is 16.5. The molecule has 2 heteroatoms. The van der Waals surface area contributed by atoms with Crippen LogP contribution in [0.25, 0.3) is 0 Å². The van der Waals surface area contributed by atoms with Gasteiger partial charge in [-0.3, -0.25) is 0 Å². The molecule has 0 saturated carbocycles. The van der Waals surface area contributed by atoms with Crippen molar-refractivity contribution in [1.82, 2.24) is 0 Å². The van der Waals surface area contributed by atoms with Gasteiger partial charge in [-0.15, -0.1) is 0 Å². The summed E-state index contributed by atoms with van der Waals surface area (Å²) in [7, 11) is 0. The van der Waals surface area contributed by atoms with Crippen LogP contribution in [0.15, 0.2) is 24.3 Å². The maximum atomic E-state index is 11.0. The maximum absolute atomic E-state index is 11.0. The largest absolute Gasteiger partial charge is 0.459 e. The van der Waals surface area contributed by atoms with Gasteiger partial charge in [0.05, 0.1) is 0 Å². The fraction of sp³-hybridized carbons (Fsp3) is 0.545. The van der Waals surface area contributed by atoms with Gasteiger partial charge in [0.25, 0.3) is 0 Å². The van der Waals surface area contributed by atoms with Crippen molar-refractivity contribution >= 4 is 5.97 Å². The van der Waals surface area contributed by atoms with E-state index in [1.807, 2.05) is 13.0 Å². The van der Waals surface area contributed by atoms with E-state index in [0.29, 0.717) is 5.57 Å². The van der Waals surface area contributed by atoms with Gasteiger partial charge in [-0.2, -0.15) is 0 Å². The lowest BCUT2D eigenvalue weighted by Gasteiger charge is -2.10. The zero-order valence-electron chi connectivity index (χ0n) is 8.67. The molecule has 0 aromatic carbocycles. The van der Waals surface area contributed by atoms with Gasteiger partial charge in [-0.1, -0.05) is 25.7 Å². The molecular formula is C11H18O2. The number of carbonyl (C=O) groups excluding carboxylic acids is 1. The predicted molar refractivity (Wildman–Crippen MR) is 54.4 cm³/mol. The van der Waals surface area contributed by atoms with Gasteiger partial charge in [-0.25, -0.2) is 4.79 Å². The molecule has 74 valence electrons. The normalized spacial score (nSPS) is 12.8. The Labute approximate surface area is 80.3 Å². The summed E-state index contributed by atoms with van der Waals surface area (Å²) in [6, 6.07) is 0. The van der Waals surface area contributed by atoms with Gasteiger partial charge in [-0.05, 0) is 20.3 Å². The molecular weight excluding hydrogens is 164 g/mol. The van der Waals surface area contributed by atoms with E-state index in [1.54, 1.807) is 6.92 Å². The standard InChI is InChI=1S/C11H18O2/c1-5-6-7-8-10(4)13-11(12)9(2)3/h6-7,10H,2,5,8H2,1,3-4H3. The molecule has 0 spiro atoms. The van der Waals surface area contributed by atoms with Crippen LogP contribution in [0.5, 0.6) is 0 Å². The number of rotatable bonds is 5. The van der Waals surface area contributed by atoms with Gasteiger partial charge in [0.2, 0.25) is 0 Å². The molecule has 0 heterocycles. The van der Waals surface area contributed by atoms with Gasteiger partial charge in [0.1, 0.15) is 6.10 Å². The quantitative estimate of drug-likeness (QED) is 0.371. The second-order valence-corrected chi connectivity index (χ2v) is 3.11. The lowest BCUT2D eigenvalue weighted by Crippen LogP contribution is -2.14. The number of hydrogen-bond acceptors (Lipinski definition) is 2. The fourth-order valence-corrected chi connectivity index (χ4v) is 0.786. The summed E-state index contributed by atoms with van der Waals surface area (Å²) in [5.41, 5.74) is 0.450. The number of hydrogen-bond donors (Lipinski definition) is 0. The molecule has 0 bridgehead atoms. The highest BCUT2D eigenvalue weighted by Crippen LogP contribution is 2.03. The molecule has 13 heavy (non-hydrogen) atoms. The van der Waals surface area contributed by atoms with Crippen LogP contribution in [0.1, 0.15) is 33.6 Å². The van der Waals surface area contributed by atoms with Crippen LogP contribution in [0.2, 0.25) is 0 Å². The molecule has 0 radical (unpaired) electrons. The molecule has 0 aliphatic rings. The van der Waals surface area contributed by atoms with Gasteiger partial charge >= 0.3 is 5.97 Å². The number of esters is 1. The molecule has 0 aliphatic heterocycles. The predicted octanol–water partition coefficient (Wildman–Crippen LogP) is 2.85. The highest BCUT2D eigenvalue weighted by Gasteiger charge is 2.07. The molecule has 0 aromatic heterocycles. The maximum Gasteiger partial charge on any atom is 0.333 e. The van der Waals surface area contributed by atoms with Crippen LogP contribution in [0, 0.1) is 0 Å². The minimum absolute atomic E-state index is 0.0630. The van der Waals surface area contributed by atoms with Crippen molar-refractivity contribution in [3.8, 4) is 0 Å². The Morgan fingerprint density at radius 3 is 2.62 bits per heavy atom. The molecule has 0 aromatic rings. The molecule has 0 rings (SSSR count). The van der Waals surface area contributed by atoms with Crippen molar-refractivity contribution < 1.29 is 9.53 Å². The summed E-state index contributed by atoms with van der Waals surface area (Å²) in [5, 5.41) is 0. The first-order valence-electron chi connectivity index (χ1n) is 4.59. The Morgan fingerprint density at radius 2 is 2.15 bits per heavy atom.